The largest absolute Gasteiger partial charge is 0.462 e. The minimum Gasteiger partial charge on any atom is -0.462 e. The number of nitrogens with zero attached hydrogens (tertiary/aromatic N) is 3. The van der Waals surface area contributed by atoms with Crippen LogP contribution in [0.5, 0.6) is 5.75 Å². The number of esters is 1. The van der Waals surface area contributed by atoms with Gasteiger partial charge in [0.05, 0.1) is 23.7 Å². The van der Waals surface area contributed by atoms with E-state index in [-0.39, 0.29) is 24.7 Å². The Morgan fingerprint density at radius 3 is 2.47 bits per heavy atom. The van der Waals surface area contributed by atoms with E-state index in [4.69, 9.17) is 24.3 Å². The van der Waals surface area contributed by atoms with Crippen molar-refractivity contribution in [1.29, 1.82) is 0 Å². The number of carbonyl (C=O) groups is 1. The van der Waals surface area contributed by atoms with Gasteiger partial charge in [0.15, 0.2) is 11.6 Å². The summed E-state index contributed by atoms with van der Waals surface area (Å²) in [5.74, 6) is -1.90. The normalized spacial score (nSPS) is 15.3. The third-order valence-corrected chi connectivity index (χ3v) is 8.69. The number of hydrogen-bond acceptors (Lipinski definition) is 10. The van der Waals surface area contributed by atoms with Crippen molar-refractivity contribution in [3.8, 4) is 5.75 Å². The Hall–Kier alpha value is -4.06. The number of pyridine rings is 1. The lowest BCUT2D eigenvalue weighted by atomic mass is 10.1. The van der Waals surface area contributed by atoms with Gasteiger partial charge >= 0.3 is 13.7 Å². The first-order valence-corrected chi connectivity index (χ1v) is 16.2. The maximum absolute atomic E-state index is 14.6. The first-order valence-electron chi connectivity index (χ1n) is 14.7. The molecule has 0 radical (unpaired) electrons. The standard InChI is InChI=1S/C32H38N5O7P/c1-6-41-18-27-35-28-29(24-15-9-10-16-25(24)34-30(28)33)37(27)19-32(5,39)44-45(40,36-21(4)31(38)42-20(2)3)43-26-17-11-13-22-12-7-8-14-23(22)26/h7-17,20-21,39H,6,18-19H2,1-5H3,(H2,33,34)(H,36,40)/t21-,32?,45+/m0/s1. The lowest BCUT2D eigenvalue weighted by Crippen LogP contribution is -2.40. The van der Waals surface area contributed by atoms with E-state index >= 15 is 0 Å². The molecule has 12 nitrogen and oxygen atoms in total. The predicted octanol–water partition coefficient (Wildman–Crippen LogP) is 5.70. The third kappa shape index (κ3) is 7.27. The molecule has 5 aromatic rings. The molecule has 3 aromatic carbocycles. The number of aliphatic hydroxyl groups is 1. The zero-order valence-corrected chi connectivity index (χ0v) is 26.8. The van der Waals surface area contributed by atoms with Crippen molar-refractivity contribution >= 4 is 52.2 Å². The van der Waals surface area contributed by atoms with Crippen LogP contribution in [0.3, 0.4) is 0 Å². The molecule has 1 unspecified atom stereocenters. The van der Waals surface area contributed by atoms with Gasteiger partial charge in [-0.1, -0.05) is 54.6 Å². The van der Waals surface area contributed by atoms with Crippen molar-refractivity contribution in [3.63, 3.8) is 0 Å². The molecule has 13 heteroatoms. The highest BCUT2D eigenvalue weighted by molar-refractivity contribution is 7.52. The molecule has 0 saturated carbocycles. The molecule has 0 aliphatic rings. The van der Waals surface area contributed by atoms with Gasteiger partial charge in [-0.2, -0.15) is 5.09 Å². The van der Waals surface area contributed by atoms with Crippen LogP contribution < -0.4 is 15.3 Å². The third-order valence-electron chi connectivity index (χ3n) is 6.92. The average Bonchev–Trinajstić information content (AvgIpc) is 3.33. The smallest absolute Gasteiger partial charge is 0.462 e. The SMILES string of the molecule is CCOCc1nc2c(N)nc3ccccc3c2n1CC(C)(O)O[P@@](=O)(N[C@@H](C)C(=O)OC(C)C)Oc1cccc2ccccc12. The van der Waals surface area contributed by atoms with E-state index in [0.29, 0.717) is 34.4 Å². The lowest BCUT2D eigenvalue weighted by molar-refractivity contribution is -0.150. The van der Waals surface area contributed by atoms with Crippen LogP contribution in [0.1, 0.15) is 40.4 Å². The van der Waals surface area contributed by atoms with Gasteiger partial charge in [0.25, 0.3) is 0 Å². The Balaban J connectivity index is 1.56. The van der Waals surface area contributed by atoms with Crippen LogP contribution in [0, 0.1) is 0 Å². The molecule has 2 heterocycles. The summed E-state index contributed by atoms with van der Waals surface area (Å²) in [4.78, 5) is 21.9. The zero-order chi connectivity index (χ0) is 32.4. The second kappa shape index (κ2) is 13.1. The molecule has 5 rings (SSSR count). The first kappa shape index (κ1) is 32.3. The van der Waals surface area contributed by atoms with Crippen molar-refractivity contribution in [3.05, 3.63) is 72.6 Å². The molecule has 0 fully saturated rings. The molecule has 0 amide bonds. The van der Waals surface area contributed by atoms with Crippen LogP contribution in [0.25, 0.3) is 32.7 Å². The van der Waals surface area contributed by atoms with Crippen LogP contribution >= 0.6 is 7.75 Å². The van der Waals surface area contributed by atoms with Gasteiger partial charge in [0, 0.05) is 17.4 Å². The lowest BCUT2D eigenvalue weighted by Gasteiger charge is -2.31. The second-order valence-corrected chi connectivity index (χ2v) is 12.7. The molecule has 4 N–H and O–H groups in total. The summed E-state index contributed by atoms with van der Waals surface area (Å²) < 4.78 is 39.3. The molecular weight excluding hydrogens is 597 g/mol. The van der Waals surface area contributed by atoms with Gasteiger partial charge in [0.1, 0.15) is 29.7 Å². The molecule has 0 saturated heterocycles. The van der Waals surface area contributed by atoms with E-state index in [0.717, 1.165) is 10.8 Å². The fraction of sp³-hybridized carbons (Fsp3) is 0.344. The summed E-state index contributed by atoms with van der Waals surface area (Å²) in [7, 11) is -4.50. The number of imidazole rings is 1. The fourth-order valence-corrected chi connectivity index (χ4v) is 6.78. The van der Waals surface area contributed by atoms with Gasteiger partial charge in [0.2, 0.25) is 0 Å². The molecule has 3 atom stereocenters. The Morgan fingerprint density at radius 1 is 1.04 bits per heavy atom. The van der Waals surface area contributed by atoms with Crippen LogP contribution in [0.4, 0.5) is 5.82 Å². The highest BCUT2D eigenvalue weighted by Crippen LogP contribution is 2.50. The Bertz CT molecular complexity index is 1890. The van der Waals surface area contributed by atoms with E-state index in [1.54, 1.807) is 30.5 Å². The molecule has 238 valence electrons. The molecule has 0 spiro atoms. The van der Waals surface area contributed by atoms with Crippen molar-refractivity contribution in [1.82, 2.24) is 19.6 Å². The minimum absolute atomic E-state index is 0.107. The number of ether oxygens (including phenoxy) is 2. The molecular formula is C32H38N5O7P. The Morgan fingerprint density at radius 2 is 1.73 bits per heavy atom. The summed E-state index contributed by atoms with van der Waals surface area (Å²) in [5, 5.41) is 16.7. The highest BCUT2D eigenvalue weighted by atomic mass is 31.2. The average molecular weight is 636 g/mol. The number of carbonyl (C=O) groups excluding carboxylic acids is 1. The number of fused-ring (bicyclic) bond motifs is 4. The number of nitrogen functional groups attached to an aromatic ring is 1. The maximum atomic E-state index is 14.6. The van der Waals surface area contributed by atoms with Gasteiger partial charge < -0.3 is 29.4 Å². The number of benzene rings is 3. The van der Waals surface area contributed by atoms with Crippen molar-refractivity contribution < 1.29 is 33.0 Å². The number of nitrogens with two attached hydrogens (primary N) is 1. The van der Waals surface area contributed by atoms with Crippen LogP contribution in [0.15, 0.2) is 66.7 Å². The zero-order valence-electron chi connectivity index (χ0n) is 25.9. The summed E-state index contributed by atoms with van der Waals surface area (Å²) >= 11 is 0. The topological polar surface area (TPSA) is 160 Å². The Kier molecular flexibility index (Phi) is 9.43. The number of rotatable bonds is 13. The highest BCUT2D eigenvalue weighted by Gasteiger charge is 2.41. The molecule has 0 aliphatic heterocycles. The summed E-state index contributed by atoms with van der Waals surface area (Å²) in [6.07, 6.45) is -0.404. The first-order chi connectivity index (χ1) is 21.4. The predicted molar refractivity (Wildman–Crippen MR) is 172 cm³/mol. The number of anilines is 1. The van der Waals surface area contributed by atoms with Gasteiger partial charge in [-0.15, -0.1) is 0 Å². The van der Waals surface area contributed by atoms with E-state index in [1.165, 1.54) is 13.8 Å². The van der Waals surface area contributed by atoms with E-state index in [9.17, 15) is 14.5 Å². The second-order valence-electron chi connectivity index (χ2n) is 11.1. The van der Waals surface area contributed by atoms with Gasteiger partial charge in [-0.05, 0) is 52.1 Å². The summed E-state index contributed by atoms with van der Waals surface area (Å²) in [6, 6.07) is 19.0. The molecule has 0 bridgehead atoms. The number of nitrogens with one attached hydrogen (secondary N) is 1. The number of hydrogen-bond donors (Lipinski definition) is 3. The fourth-order valence-electron chi connectivity index (χ4n) is 5.06. The number of para-hydroxylation sites is 1. The van der Waals surface area contributed by atoms with Crippen molar-refractivity contribution in [2.75, 3.05) is 12.3 Å². The quantitative estimate of drug-likeness (QED) is 0.0827. The van der Waals surface area contributed by atoms with E-state index < -0.39 is 31.6 Å². The molecule has 2 aromatic heterocycles. The monoisotopic (exact) mass is 635 g/mol. The Labute approximate surface area is 261 Å². The van der Waals surface area contributed by atoms with Crippen LogP contribution in [-0.4, -0.2) is 50.2 Å². The van der Waals surface area contributed by atoms with E-state index in [2.05, 4.69) is 15.1 Å². The maximum Gasteiger partial charge on any atom is 0.462 e. The summed E-state index contributed by atoms with van der Waals surface area (Å²) in [5.41, 5.74) is 7.97. The minimum atomic E-state index is -4.50. The summed E-state index contributed by atoms with van der Waals surface area (Å²) in [6.45, 7) is 8.38. The number of aromatic nitrogens is 3. The van der Waals surface area contributed by atoms with Gasteiger partial charge in [-0.3, -0.25) is 9.32 Å². The van der Waals surface area contributed by atoms with Crippen molar-refractivity contribution in [2.24, 2.45) is 0 Å². The van der Waals surface area contributed by atoms with Gasteiger partial charge in [-0.25, -0.2) is 14.5 Å². The van der Waals surface area contributed by atoms with Crippen LogP contribution in [0.2, 0.25) is 0 Å². The molecule has 45 heavy (non-hydrogen) atoms. The van der Waals surface area contributed by atoms with Crippen molar-refractivity contribution in [2.45, 2.75) is 65.7 Å². The molecule has 0 aliphatic carbocycles. The van der Waals surface area contributed by atoms with E-state index in [1.807, 2.05) is 61.5 Å². The van der Waals surface area contributed by atoms with Crippen LogP contribution in [-0.2, 0) is 36.5 Å².